The van der Waals surface area contributed by atoms with E-state index in [0.29, 0.717) is 50.2 Å². The number of piperazine rings is 1. The van der Waals surface area contributed by atoms with Crippen molar-refractivity contribution in [2.45, 2.75) is 51.7 Å². The Balaban J connectivity index is 1.49. The van der Waals surface area contributed by atoms with Crippen molar-refractivity contribution >= 4 is 23.6 Å². The summed E-state index contributed by atoms with van der Waals surface area (Å²) >= 11 is 0. The first-order valence-electron chi connectivity index (χ1n) is 11.5. The lowest BCUT2D eigenvalue weighted by Crippen LogP contribution is -2.48. The SMILES string of the molecule is CC(=O)N1CCN(c2nc(NC3(c4ccc(F)cc4)CC3)c3c(n2)C(=O)N(C(C)C)C3)CC1. The molecule has 0 radical (unpaired) electrons. The number of amides is 2. The first-order valence-corrected chi connectivity index (χ1v) is 11.5. The quantitative estimate of drug-likeness (QED) is 0.751. The van der Waals surface area contributed by atoms with Crippen LogP contribution in [0, 0.1) is 5.82 Å². The summed E-state index contributed by atoms with van der Waals surface area (Å²) in [6.07, 6.45) is 1.82. The maximum Gasteiger partial charge on any atom is 0.273 e. The van der Waals surface area contributed by atoms with E-state index in [9.17, 15) is 14.0 Å². The number of rotatable bonds is 5. The molecule has 0 spiro atoms. The van der Waals surface area contributed by atoms with Gasteiger partial charge in [-0.2, -0.15) is 4.98 Å². The summed E-state index contributed by atoms with van der Waals surface area (Å²) in [6.45, 7) is 8.46. The van der Waals surface area contributed by atoms with Gasteiger partial charge in [0.15, 0.2) is 0 Å². The van der Waals surface area contributed by atoms with Gasteiger partial charge in [0, 0.05) is 44.7 Å². The van der Waals surface area contributed by atoms with E-state index >= 15 is 0 Å². The van der Waals surface area contributed by atoms with Gasteiger partial charge < -0.3 is 20.0 Å². The number of halogens is 1. The Hall–Kier alpha value is -3.23. The van der Waals surface area contributed by atoms with Crippen LogP contribution in [0.5, 0.6) is 0 Å². The summed E-state index contributed by atoms with van der Waals surface area (Å²) < 4.78 is 13.5. The highest BCUT2D eigenvalue weighted by Crippen LogP contribution is 2.49. The summed E-state index contributed by atoms with van der Waals surface area (Å²) in [4.78, 5) is 40.1. The summed E-state index contributed by atoms with van der Waals surface area (Å²) in [5.74, 6) is 0.892. The molecular formula is C24H29FN6O2. The van der Waals surface area contributed by atoms with Crippen molar-refractivity contribution in [3.05, 3.63) is 46.9 Å². The van der Waals surface area contributed by atoms with Crippen LogP contribution < -0.4 is 10.2 Å². The molecule has 0 atom stereocenters. The lowest BCUT2D eigenvalue weighted by atomic mass is 10.0. The number of benzene rings is 1. The van der Waals surface area contributed by atoms with Gasteiger partial charge in [-0.3, -0.25) is 9.59 Å². The van der Waals surface area contributed by atoms with Crippen LogP contribution in [0.3, 0.4) is 0 Å². The van der Waals surface area contributed by atoms with Crippen molar-refractivity contribution in [3.8, 4) is 0 Å². The molecule has 2 fully saturated rings. The Morgan fingerprint density at radius 2 is 1.76 bits per heavy atom. The number of anilines is 2. The summed E-state index contributed by atoms with van der Waals surface area (Å²) in [7, 11) is 0. The van der Waals surface area contributed by atoms with Gasteiger partial charge in [0.05, 0.1) is 12.1 Å². The highest BCUT2D eigenvalue weighted by atomic mass is 19.1. The second-order valence-electron chi connectivity index (χ2n) is 9.43. The highest BCUT2D eigenvalue weighted by Gasteiger charge is 2.46. The largest absolute Gasteiger partial charge is 0.360 e. The molecule has 1 aliphatic carbocycles. The number of hydrogen-bond donors (Lipinski definition) is 1. The van der Waals surface area contributed by atoms with Gasteiger partial charge in [0.2, 0.25) is 11.9 Å². The number of hydrogen-bond acceptors (Lipinski definition) is 6. The molecular weight excluding hydrogens is 423 g/mol. The molecule has 1 aromatic carbocycles. The Labute approximate surface area is 192 Å². The van der Waals surface area contributed by atoms with Gasteiger partial charge in [0.1, 0.15) is 17.3 Å². The zero-order chi connectivity index (χ0) is 23.3. The molecule has 0 bridgehead atoms. The van der Waals surface area contributed by atoms with Crippen LogP contribution in [0.4, 0.5) is 16.2 Å². The third-order valence-electron chi connectivity index (χ3n) is 6.92. The standard InChI is InChI=1S/C24H29FN6O2/c1-15(2)31-14-19-20(22(31)33)26-23(30-12-10-29(11-13-30)16(3)32)27-21(19)28-24(8-9-24)17-4-6-18(25)7-5-17/h4-7,15H,8-14H2,1-3H3,(H,26,27,28). The van der Waals surface area contributed by atoms with E-state index in [1.807, 2.05) is 35.8 Å². The van der Waals surface area contributed by atoms with Crippen LogP contribution in [0.15, 0.2) is 24.3 Å². The molecule has 2 aromatic rings. The second-order valence-corrected chi connectivity index (χ2v) is 9.43. The molecule has 9 heteroatoms. The average Bonchev–Trinajstić information content (AvgIpc) is 3.50. The van der Waals surface area contributed by atoms with Gasteiger partial charge in [-0.25, -0.2) is 9.37 Å². The third kappa shape index (κ3) is 3.89. The first kappa shape index (κ1) is 21.6. The van der Waals surface area contributed by atoms with E-state index in [2.05, 4.69) is 10.3 Å². The zero-order valence-corrected chi connectivity index (χ0v) is 19.3. The number of fused-ring (bicyclic) bond motifs is 1. The Bertz CT molecular complexity index is 1090. The fourth-order valence-electron chi connectivity index (χ4n) is 4.67. The van der Waals surface area contributed by atoms with Gasteiger partial charge in [-0.05, 0) is 44.4 Å². The lowest BCUT2D eigenvalue weighted by molar-refractivity contribution is -0.129. The van der Waals surface area contributed by atoms with E-state index in [4.69, 9.17) is 4.98 Å². The second kappa shape index (κ2) is 7.97. The number of carbonyl (C=O) groups is 2. The maximum absolute atomic E-state index is 13.5. The van der Waals surface area contributed by atoms with Gasteiger partial charge in [0.25, 0.3) is 5.91 Å². The van der Waals surface area contributed by atoms with Crippen molar-refractivity contribution in [3.63, 3.8) is 0 Å². The summed E-state index contributed by atoms with van der Waals surface area (Å²) in [6, 6.07) is 6.62. The molecule has 1 saturated heterocycles. The number of aromatic nitrogens is 2. The van der Waals surface area contributed by atoms with E-state index in [1.54, 1.807) is 11.8 Å². The van der Waals surface area contributed by atoms with Crippen LogP contribution in [0.25, 0.3) is 0 Å². The molecule has 2 amide bonds. The van der Waals surface area contributed by atoms with Crippen molar-refractivity contribution in [2.24, 2.45) is 0 Å². The molecule has 1 saturated carbocycles. The molecule has 174 valence electrons. The number of nitrogens with one attached hydrogen (secondary N) is 1. The monoisotopic (exact) mass is 452 g/mol. The Morgan fingerprint density at radius 1 is 1.09 bits per heavy atom. The average molecular weight is 453 g/mol. The van der Waals surface area contributed by atoms with E-state index in [1.165, 1.54) is 12.1 Å². The Morgan fingerprint density at radius 3 is 2.33 bits per heavy atom. The Kier molecular flexibility index (Phi) is 5.22. The first-order chi connectivity index (χ1) is 15.8. The van der Waals surface area contributed by atoms with Crippen LogP contribution in [0.1, 0.15) is 55.2 Å². The zero-order valence-electron chi connectivity index (χ0n) is 19.3. The predicted molar refractivity (Wildman–Crippen MR) is 122 cm³/mol. The van der Waals surface area contributed by atoms with Gasteiger partial charge >= 0.3 is 0 Å². The van der Waals surface area contributed by atoms with Crippen molar-refractivity contribution < 1.29 is 14.0 Å². The van der Waals surface area contributed by atoms with Crippen LogP contribution in [-0.2, 0) is 16.9 Å². The lowest BCUT2D eigenvalue weighted by Gasteiger charge is -2.34. The molecule has 1 N–H and O–H groups in total. The minimum absolute atomic E-state index is 0.0501. The number of carbonyl (C=O) groups excluding carboxylic acids is 2. The number of nitrogens with zero attached hydrogens (tertiary/aromatic N) is 5. The van der Waals surface area contributed by atoms with Crippen molar-refractivity contribution in [1.29, 1.82) is 0 Å². The molecule has 1 aromatic heterocycles. The van der Waals surface area contributed by atoms with Crippen LogP contribution in [0.2, 0.25) is 0 Å². The van der Waals surface area contributed by atoms with Crippen molar-refractivity contribution in [1.82, 2.24) is 19.8 Å². The molecule has 8 nitrogen and oxygen atoms in total. The fraction of sp³-hybridized carbons (Fsp3) is 0.500. The minimum Gasteiger partial charge on any atom is -0.360 e. The fourth-order valence-corrected chi connectivity index (χ4v) is 4.67. The van der Waals surface area contributed by atoms with E-state index in [-0.39, 0.29) is 29.2 Å². The molecule has 2 aliphatic heterocycles. The third-order valence-corrected chi connectivity index (χ3v) is 6.92. The molecule has 3 aliphatic rings. The summed E-state index contributed by atoms with van der Waals surface area (Å²) in [5, 5.41) is 3.61. The predicted octanol–water partition coefficient (Wildman–Crippen LogP) is 2.75. The topological polar surface area (TPSA) is 81.7 Å². The highest BCUT2D eigenvalue weighted by molar-refractivity contribution is 5.98. The summed E-state index contributed by atoms with van der Waals surface area (Å²) in [5.41, 5.74) is 1.96. The smallest absolute Gasteiger partial charge is 0.273 e. The molecule has 0 unspecified atom stereocenters. The normalized spacial score (nSPS) is 19.2. The van der Waals surface area contributed by atoms with Crippen molar-refractivity contribution in [2.75, 3.05) is 36.4 Å². The molecule has 5 rings (SSSR count). The van der Waals surface area contributed by atoms with E-state index < -0.39 is 0 Å². The molecule has 3 heterocycles. The minimum atomic E-state index is -0.311. The van der Waals surface area contributed by atoms with Crippen LogP contribution in [-0.4, -0.2) is 63.8 Å². The van der Waals surface area contributed by atoms with Crippen LogP contribution >= 0.6 is 0 Å². The molecule has 33 heavy (non-hydrogen) atoms. The van der Waals surface area contributed by atoms with Gasteiger partial charge in [-0.15, -0.1) is 0 Å². The van der Waals surface area contributed by atoms with E-state index in [0.717, 1.165) is 24.0 Å². The van der Waals surface area contributed by atoms with Gasteiger partial charge in [-0.1, -0.05) is 12.1 Å². The maximum atomic E-state index is 13.5.